The third-order valence-corrected chi connectivity index (χ3v) is 5.88. The van der Waals surface area contributed by atoms with Crippen molar-refractivity contribution < 1.29 is 43.5 Å². The first-order valence-electron chi connectivity index (χ1n) is 9.32. The van der Waals surface area contributed by atoms with Crippen molar-refractivity contribution in [3.8, 4) is 0 Å². The largest absolute Gasteiger partial charge is 0.480 e. The van der Waals surface area contributed by atoms with E-state index in [2.05, 4.69) is 6.92 Å². The molecule has 0 aromatic carbocycles. The molecule has 0 spiro atoms. The number of hydrogen-bond donors (Lipinski definition) is 1. The van der Waals surface area contributed by atoms with Gasteiger partial charge >= 0.3 is 22.0 Å². The number of unbranched alkanes of at least 4 members (excludes halogenated alkanes) is 9. The van der Waals surface area contributed by atoms with E-state index in [1.54, 1.807) is 0 Å². The fourth-order valence-corrected chi connectivity index (χ4v) is 3.97. The average Bonchev–Trinajstić information content (AvgIpc) is 2.64. The molecule has 4 nitrogen and oxygen atoms in total. The molecule has 1 aliphatic heterocycles. The highest BCUT2D eigenvalue weighted by molar-refractivity contribution is 7.80. The first-order chi connectivity index (χ1) is 12.9. The summed E-state index contributed by atoms with van der Waals surface area (Å²) in [6.07, 6.45) is 6.20. The van der Waals surface area contributed by atoms with Crippen LogP contribution in [0.5, 0.6) is 0 Å². The van der Waals surface area contributed by atoms with Crippen LogP contribution in [-0.4, -0.2) is 22.9 Å². The summed E-state index contributed by atoms with van der Waals surface area (Å²) in [6.45, 7) is 2.09. The van der Waals surface area contributed by atoms with Gasteiger partial charge in [0.2, 0.25) is 11.7 Å². The molecule has 1 aliphatic rings. The van der Waals surface area contributed by atoms with Gasteiger partial charge in [-0.1, -0.05) is 64.7 Å². The third kappa shape index (κ3) is 4.91. The maximum Gasteiger partial charge on any atom is 0.480 e. The molecule has 2 unspecified atom stereocenters. The normalized spacial score (nSPS) is 26.3. The number of quaternary nitrogens is 1. The fourth-order valence-electron chi connectivity index (χ4n) is 3.15. The van der Waals surface area contributed by atoms with E-state index in [0.717, 1.165) is 44.9 Å². The molecular weight excluding hydrogens is 412 g/mol. The lowest BCUT2D eigenvalue weighted by molar-refractivity contribution is -0.987. The first kappa shape index (κ1) is 25.0. The van der Waals surface area contributed by atoms with Crippen LogP contribution in [0, 0.1) is 0 Å². The summed E-state index contributed by atoms with van der Waals surface area (Å²) in [7, 11) is -6.35. The highest BCUT2D eigenvalue weighted by Crippen LogP contribution is 2.53. The van der Waals surface area contributed by atoms with E-state index in [-0.39, 0.29) is 12.8 Å². The summed E-state index contributed by atoms with van der Waals surface area (Å²) in [5.74, 6) is -15.8. The maximum atomic E-state index is 14.9. The summed E-state index contributed by atoms with van der Waals surface area (Å²) in [4.78, 5) is 0. The molecule has 0 fully saturated rings. The van der Waals surface area contributed by atoms with Gasteiger partial charge in [-0.05, 0) is 6.42 Å². The van der Waals surface area contributed by atoms with Crippen molar-refractivity contribution in [2.45, 2.75) is 83.3 Å². The van der Waals surface area contributed by atoms with E-state index in [0.29, 0.717) is 6.42 Å². The van der Waals surface area contributed by atoms with E-state index in [1.165, 1.54) is 0 Å². The predicted octanol–water partition coefficient (Wildman–Crippen LogP) is 6.74. The van der Waals surface area contributed by atoms with Crippen molar-refractivity contribution in [2.24, 2.45) is 0 Å². The van der Waals surface area contributed by atoms with Crippen molar-refractivity contribution in [2.75, 3.05) is 0 Å². The lowest BCUT2D eigenvalue weighted by Gasteiger charge is -2.34. The molecule has 28 heavy (non-hydrogen) atoms. The molecular formula is C17H26F6NO3S+. The molecule has 1 N–H and O–H groups in total. The number of nitrogens with zero attached hydrogens (tertiary/aromatic N) is 1. The highest BCUT2D eigenvalue weighted by atomic mass is 32.2. The van der Waals surface area contributed by atoms with Gasteiger partial charge < -0.3 is 0 Å². The van der Waals surface area contributed by atoms with Crippen LogP contribution in [0.1, 0.15) is 77.6 Å². The van der Waals surface area contributed by atoms with E-state index >= 15 is 0 Å². The lowest BCUT2D eigenvalue weighted by Crippen LogP contribution is -2.60. The van der Waals surface area contributed by atoms with Crippen molar-refractivity contribution in [1.82, 2.24) is 0 Å². The van der Waals surface area contributed by atoms with Crippen LogP contribution in [0.25, 0.3) is 0 Å². The Labute approximate surface area is 161 Å². The van der Waals surface area contributed by atoms with Gasteiger partial charge in [0, 0.05) is 10.9 Å². The van der Waals surface area contributed by atoms with Crippen LogP contribution < -0.4 is 0 Å². The van der Waals surface area contributed by atoms with Crippen LogP contribution in [0.15, 0.2) is 23.4 Å². The van der Waals surface area contributed by atoms with Gasteiger partial charge in [0.05, 0.1) is 4.11 Å². The maximum absolute atomic E-state index is 14.9. The third-order valence-electron chi connectivity index (χ3n) is 4.79. The molecule has 0 aliphatic carbocycles. The Morgan fingerprint density at radius 2 is 1.29 bits per heavy atom. The van der Waals surface area contributed by atoms with Crippen molar-refractivity contribution in [3.05, 3.63) is 23.4 Å². The lowest BCUT2D eigenvalue weighted by atomic mass is 10.00. The Morgan fingerprint density at radius 3 is 1.71 bits per heavy atom. The molecule has 1 heterocycles. The van der Waals surface area contributed by atoms with E-state index in [9.17, 15) is 34.9 Å². The fraction of sp³-hybridized carbons (Fsp3) is 0.765. The minimum atomic E-state index is -6.35. The van der Waals surface area contributed by atoms with Gasteiger partial charge in [0.1, 0.15) is 0 Å². The second-order valence-corrected chi connectivity index (χ2v) is 8.30. The number of hydrogen-bond acceptors (Lipinski definition) is 2. The molecule has 0 amide bonds. The zero-order chi connectivity index (χ0) is 21.6. The average molecular weight is 438 g/mol. The molecule has 0 radical (unpaired) electrons. The smallest absolute Gasteiger partial charge is 0.238 e. The van der Waals surface area contributed by atoms with Gasteiger partial charge in [-0.25, -0.2) is 8.94 Å². The second-order valence-electron chi connectivity index (χ2n) is 6.90. The van der Waals surface area contributed by atoms with Gasteiger partial charge in [0.15, 0.2) is 0 Å². The Kier molecular flexibility index (Phi) is 9.01. The zero-order valence-electron chi connectivity index (χ0n) is 15.7. The van der Waals surface area contributed by atoms with Crippen LogP contribution in [0.4, 0.5) is 26.4 Å². The van der Waals surface area contributed by atoms with Gasteiger partial charge in [-0.15, -0.1) is 12.8 Å². The van der Waals surface area contributed by atoms with Crippen LogP contribution in [-0.2, 0) is 10.3 Å². The molecule has 0 aromatic heterocycles. The Morgan fingerprint density at radius 1 is 0.857 bits per heavy atom. The minimum Gasteiger partial charge on any atom is -0.238 e. The SMILES string of the molecule is CCCCCCCCCCCCC1(F)C(F)=C(F)C(F)=C(F)[N+]1(F)S(=O)(=O)O. The van der Waals surface area contributed by atoms with Crippen LogP contribution in [0.2, 0.25) is 0 Å². The quantitative estimate of drug-likeness (QED) is 0.121. The summed E-state index contributed by atoms with van der Waals surface area (Å²) in [6, 6.07) is 0. The Bertz CT molecular complexity index is 712. The zero-order valence-corrected chi connectivity index (χ0v) is 16.5. The summed E-state index contributed by atoms with van der Waals surface area (Å²) in [5, 5.41) is 0. The van der Waals surface area contributed by atoms with Crippen LogP contribution >= 0.6 is 0 Å². The molecule has 11 heteroatoms. The van der Waals surface area contributed by atoms with Gasteiger partial charge in [-0.3, -0.25) is 0 Å². The predicted molar refractivity (Wildman–Crippen MR) is 91.7 cm³/mol. The van der Waals surface area contributed by atoms with Crippen molar-refractivity contribution in [1.29, 1.82) is 0 Å². The monoisotopic (exact) mass is 438 g/mol. The Hall–Kier alpha value is -1.07. The minimum absolute atomic E-state index is 0.203. The topological polar surface area (TPSA) is 54.4 Å². The van der Waals surface area contributed by atoms with E-state index < -0.39 is 50.1 Å². The second kappa shape index (κ2) is 10.1. The summed E-state index contributed by atoms with van der Waals surface area (Å²) < 4.78 is 111. The van der Waals surface area contributed by atoms with E-state index in [1.807, 2.05) is 0 Å². The Balaban J connectivity index is 2.72. The highest BCUT2D eigenvalue weighted by Gasteiger charge is 2.74. The number of alkyl halides is 1. The molecule has 2 atom stereocenters. The number of rotatable bonds is 12. The standard InChI is InChI=1S/C17H25F6NO3S/c1-2-3-4-5-6-7-8-9-10-11-12-17(22)15(20)13(18)14(19)16(21)24(17,23)28(25,26)27/h2-12H2,1H3/p+1. The molecule has 0 saturated carbocycles. The first-order valence-corrected chi connectivity index (χ1v) is 10.7. The van der Waals surface area contributed by atoms with Gasteiger partial charge in [0.25, 0.3) is 5.83 Å². The van der Waals surface area contributed by atoms with Crippen molar-refractivity contribution >= 4 is 10.3 Å². The number of allylic oxidation sites excluding steroid dienone is 2. The van der Waals surface area contributed by atoms with Crippen molar-refractivity contribution in [3.63, 3.8) is 0 Å². The molecule has 0 aromatic rings. The van der Waals surface area contributed by atoms with Crippen LogP contribution in [0.3, 0.4) is 0 Å². The molecule has 1 rings (SSSR count). The summed E-state index contributed by atoms with van der Waals surface area (Å²) in [5.41, 5.74) is 0. The number of halogens is 6. The molecule has 0 bridgehead atoms. The van der Waals surface area contributed by atoms with Gasteiger partial charge in [-0.2, -0.15) is 13.2 Å². The van der Waals surface area contributed by atoms with E-state index in [4.69, 9.17) is 4.55 Å². The summed E-state index contributed by atoms with van der Waals surface area (Å²) >= 11 is 0. The molecule has 0 saturated heterocycles. The molecule has 164 valence electrons.